The lowest BCUT2D eigenvalue weighted by molar-refractivity contribution is -0.138. The smallest absolute Gasteiger partial charge is 0.320 e. The van der Waals surface area contributed by atoms with Crippen molar-refractivity contribution >= 4 is 18.4 Å². The van der Waals surface area contributed by atoms with Crippen LogP contribution in [0.1, 0.15) is 31.9 Å². The molecule has 0 saturated carbocycles. The van der Waals surface area contributed by atoms with E-state index in [1.54, 1.807) is 0 Å². The van der Waals surface area contributed by atoms with Gasteiger partial charge in [-0.25, -0.2) is 0 Å². The van der Waals surface area contributed by atoms with Gasteiger partial charge in [-0.1, -0.05) is 45.0 Å². The summed E-state index contributed by atoms with van der Waals surface area (Å²) in [6.45, 7) is 6.43. The number of rotatable bonds is 3. The molecule has 3 N–H and O–H groups in total. The average molecular weight is 258 g/mol. The summed E-state index contributed by atoms with van der Waals surface area (Å²) in [5.41, 5.74) is 7.79. The van der Waals surface area contributed by atoms with Crippen molar-refractivity contribution in [3.05, 3.63) is 35.4 Å². The highest BCUT2D eigenvalue weighted by atomic mass is 35.5. The van der Waals surface area contributed by atoms with E-state index in [9.17, 15) is 4.79 Å². The van der Waals surface area contributed by atoms with Gasteiger partial charge in [0.15, 0.2) is 0 Å². The molecule has 0 saturated heterocycles. The summed E-state index contributed by atoms with van der Waals surface area (Å²) >= 11 is 0. The van der Waals surface area contributed by atoms with Gasteiger partial charge in [-0.3, -0.25) is 4.79 Å². The van der Waals surface area contributed by atoms with Crippen molar-refractivity contribution < 1.29 is 9.90 Å². The zero-order chi connectivity index (χ0) is 12.3. The molecule has 0 unspecified atom stereocenters. The fourth-order valence-electron chi connectivity index (χ4n) is 1.48. The first-order chi connectivity index (χ1) is 7.30. The van der Waals surface area contributed by atoms with Gasteiger partial charge in [-0.2, -0.15) is 0 Å². The summed E-state index contributed by atoms with van der Waals surface area (Å²) in [6.07, 6.45) is 0.375. The molecule has 0 aromatic heterocycles. The number of carboxylic acid groups (broad SMARTS) is 1. The maximum absolute atomic E-state index is 10.6. The fraction of sp³-hybridized carbons (Fsp3) is 0.462. The predicted octanol–water partition coefficient (Wildman–Crippen LogP) is 2.36. The Morgan fingerprint density at radius 3 is 2.12 bits per heavy atom. The van der Waals surface area contributed by atoms with E-state index in [1.165, 1.54) is 5.56 Å². The van der Waals surface area contributed by atoms with Crippen molar-refractivity contribution in [1.82, 2.24) is 0 Å². The quantitative estimate of drug-likeness (QED) is 0.874. The molecule has 0 aliphatic carbocycles. The molecule has 0 amide bonds. The van der Waals surface area contributed by atoms with E-state index < -0.39 is 12.0 Å². The second-order valence-corrected chi connectivity index (χ2v) is 5.10. The van der Waals surface area contributed by atoms with Crippen LogP contribution in [0.25, 0.3) is 0 Å². The molecule has 0 heterocycles. The van der Waals surface area contributed by atoms with Crippen molar-refractivity contribution in [3.63, 3.8) is 0 Å². The molecule has 1 rings (SSSR count). The highest BCUT2D eigenvalue weighted by Gasteiger charge is 2.15. The molecule has 0 aliphatic heterocycles. The van der Waals surface area contributed by atoms with Crippen LogP contribution in [0.4, 0.5) is 0 Å². The van der Waals surface area contributed by atoms with Crippen LogP contribution in [0.5, 0.6) is 0 Å². The first kappa shape index (κ1) is 15.9. The number of halogens is 1. The van der Waals surface area contributed by atoms with E-state index in [4.69, 9.17) is 10.8 Å². The molecule has 17 heavy (non-hydrogen) atoms. The number of benzene rings is 1. The largest absolute Gasteiger partial charge is 0.480 e. The Morgan fingerprint density at radius 1 is 1.29 bits per heavy atom. The summed E-state index contributed by atoms with van der Waals surface area (Å²) in [6, 6.07) is 7.14. The van der Waals surface area contributed by atoms with E-state index >= 15 is 0 Å². The highest BCUT2D eigenvalue weighted by molar-refractivity contribution is 5.85. The molecule has 1 aromatic carbocycles. The second kappa shape index (κ2) is 6.03. The Kier molecular flexibility index (Phi) is 5.66. The number of carboxylic acids is 1. The Labute approximate surface area is 108 Å². The Bertz CT molecular complexity index is 368. The number of nitrogens with two attached hydrogens (primary N) is 1. The van der Waals surface area contributed by atoms with Gasteiger partial charge in [-0.05, 0) is 23.0 Å². The van der Waals surface area contributed by atoms with Crippen molar-refractivity contribution in [2.24, 2.45) is 5.73 Å². The molecule has 0 spiro atoms. The lowest BCUT2D eigenvalue weighted by Crippen LogP contribution is -2.32. The SMILES string of the molecule is CC(C)(C)c1ccc(C[C@H](N)C(=O)O)cc1.Cl. The summed E-state index contributed by atoms with van der Waals surface area (Å²) in [5.74, 6) is -0.958. The number of hydrogen-bond acceptors (Lipinski definition) is 2. The number of carbonyl (C=O) groups is 1. The number of hydrogen-bond donors (Lipinski definition) is 2. The molecule has 4 heteroatoms. The Morgan fingerprint density at radius 2 is 1.76 bits per heavy atom. The fourth-order valence-corrected chi connectivity index (χ4v) is 1.48. The van der Waals surface area contributed by atoms with E-state index in [0.29, 0.717) is 6.42 Å². The maximum atomic E-state index is 10.6. The molecular weight excluding hydrogens is 238 g/mol. The maximum Gasteiger partial charge on any atom is 0.320 e. The van der Waals surface area contributed by atoms with Gasteiger partial charge in [0.2, 0.25) is 0 Å². The van der Waals surface area contributed by atoms with Gasteiger partial charge in [0.25, 0.3) is 0 Å². The third-order valence-electron chi connectivity index (χ3n) is 2.59. The lowest BCUT2D eigenvalue weighted by atomic mass is 9.86. The minimum absolute atomic E-state index is 0. The zero-order valence-electron chi connectivity index (χ0n) is 10.4. The van der Waals surface area contributed by atoms with Crippen molar-refractivity contribution in [3.8, 4) is 0 Å². The van der Waals surface area contributed by atoms with Crippen LogP contribution in [0.15, 0.2) is 24.3 Å². The zero-order valence-corrected chi connectivity index (χ0v) is 11.3. The van der Waals surface area contributed by atoms with Crippen molar-refractivity contribution in [2.75, 3.05) is 0 Å². The van der Waals surface area contributed by atoms with Gasteiger partial charge in [-0.15, -0.1) is 12.4 Å². The molecule has 0 radical (unpaired) electrons. The molecule has 1 atom stereocenters. The van der Waals surface area contributed by atoms with E-state index in [-0.39, 0.29) is 17.8 Å². The molecule has 3 nitrogen and oxygen atoms in total. The van der Waals surface area contributed by atoms with Gasteiger partial charge in [0.05, 0.1) is 0 Å². The van der Waals surface area contributed by atoms with Gasteiger partial charge < -0.3 is 10.8 Å². The average Bonchev–Trinajstić information content (AvgIpc) is 2.17. The Balaban J connectivity index is 0.00000256. The lowest BCUT2D eigenvalue weighted by Gasteiger charge is -2.19. The van der Waals surface area contributed by atoms with Crippen LogP contribution >= 0.6 is 12.4 Å². The molecule has 0 fully saturated rings. The Hall–Kier alpha value is -1.06. The molecule has 0 bridgehead atoms. The second-order valence-electron chi connectivity index (χ2n) is 5.10. The van der Waals surface area contributed by atoms with Crippen LogP contribution in [0.3, 0.4) is 0 Å². The van der Waals surface area contributed by atoms with Crippen LogP contribution in [0.2, 0.25) is 0 Å². The summed E-state index contributed by atoms with van der Waals surface area (Å²) in [5, 5.41) is 8.70. The molecule has 96 valence electrons. The predicted molar refractivity (Wildman–Crippen MR) is 71.7 cm³/mol. The first-order valence-corrected chi connectivity index (χ1v) is 5.38. The minimum atomic E-state index is -0.958. The standard InChI is InChI=1S/C13H19NO2.ClH/c1-13(2,3)10-6-4-9(5-7-10)8-11(14)12(15)16;/h4-7,11H,8,14H2,1-3H3,(H,15,16);1H/t11-;/m0./s1. The van der Waals surface area contributed by atoms with Gasteiger partial charge >= 0.3 is 5.97 Å². The minimum Gasteiger partial charge on any atom is -0.480 e. The van der Waals surface area contributed by atoms with E-state index in [0.717, 1.165) is 5.56 Å². The van der Waals surface area contributed by atoms with E-state index in [1.807, 2.05) is 24.3 Å². The summed E-state index contributed by atoms with van der Waals surface area (Å²) in [7, 11) is 0. The topological polar surface area (TPSA) is 63.3 Å². The van der Waals surface area contributed by atoms with Crippen molar-refractivity contribution in [1.29, 1.82) is 0 Å². The third kappa shape index (κ3) is 4.75. The van der Waals surface area contributed by atoms with E-state index in [2.05, 4.69) is 20.8 Å². The molecular formula is C13H20ClNO2. The highest BCUT2D eigenvalue weighted by Crippen LogP contribution is 2.22. The van der Waals surface area contributed by atoms with Crippen LogP contribution in [-0.4, -0.2) is 17.1 Å². The molecule has 1 aromatic rings. The monoisotopic (exact) mass is 257 g/mol. The van der Waals surface area contributed by atoms with Crippen LogP contribution in [0, 0.1) is 0 Å². The molecule has 0 aliphatic rings. The van der Waals surface area contributed by atoms with Gasteiger partial charge in [0, 0.05) is 0 Å². The first-order valence-electron chi connectivity index (χ1n) is 5.38. The third-order valence-corrected chi connectivity index (χ3v) is 2.59. The van der Waals surface area contributed by atoms with Crippen molar-refractivity contribution in [2.45, 2.75) is 38.6 Å². The van der Waals surface area contributed by atoms with Gasteiger partial charge in [0.1, 0.15) is 6.04 Å². The summed E-state index contributed by atoms with van der Waals surface area (Å²) in [4.78, 5) is 10.6. The number of aliphatic carboxylic acids is 1. The van der Waals surface area contributed by atoms with Crippen LogP contribution in [-0.2, 0) is 16.6 Å². The summed E-state index contributed by atoms with van der Waals surface area (Å²) < 4.78 is 0. The van der Waals surface area contributed by atoms with Crippen LogP contribution < -0.4 is 5.73 Å². The normalized spacial score (nSPS) is 12.7.